The Kier molecular flexibility index (Phi) is 6.15. The molecule has 0 atom stereocenters. The van der Waals surface area contributed by atoms with Crippen LogP contribution in [0, 0.1) is 0 Å². The van der Waals surface area contributed by atoms with Gasteiger partial charge in [0.1, 0.15) is 0 Å². The molecule has 0 fully saturated rings. The SMILES string of the molecule is CCOC(=O)c1csc(CCN(CC)CC)n1. The zero-order chi connectivity index (χ0) is 12.7. The largest absolute Gasteiger partial charge is 0.461 e. The van der Waals surface area contributed by atoms with Gasteiger partial charge in [-0.2, -0.15) is 0 Å². The van der Waals surface area contributed by atoms with Gasteiger partial charge in [0.25, 0.3) is 0 Å². The van der Waals surface area contributed by atoms with Crippen molar-refractivity contribution in [1.82, 2.24) is 9.88 Å². The standard InChI is InChI=1S/C12H20N2O2S/c1-4-14(5-2)8-7-11-13-10(9-17-11)12(15)16-6-3/h9H,4-8H2,1-3H3. The van der Waals surface area contributed by atoms with Gasteiger partial charge in [-0.25, -0.2) is 9.78 Å². The first-order valence-corrected chi connectivity index (χ1v) is 6.93. The normalized spacial score (nSPS) is 10.8. The fraction of sp³-hybridized carbons (Fsp3) is 0.667. The summed E-state index contributed by atoms with van der Waals surface area (Å²) in [5.41, 5.74) is 0.436. The Balaban J connectivity index is 2.48. The highest BCUT2D eigenvalue weighted by Crippen LogP contribution is 2.12. The minimum Gasteiger partial charge on any atom is -0.461 e. The second-order valence-corrected chi connectivity index (χ2v) is 4.57. The molecule has 0 aliphatic carbocycles. The maximum absolute atomic E-state index is 11.4. The van der Waals surface area contributed by atoms with Crippen LogP contribution in [0.3, 0.4) is 0 Å². The molecule has 0 amide bonds. The summed E-state index contributed by atoms with van der Waals surface area (Å²) in [4.78, 5) is 18.0. The van der Waals surface area contributed by atoms with Gasteiger partial charge >= 0.3 is 5.97 Å². The van der Waals surface area contributed by atoms with Crippen LogP contribution in [0.4, 0.5) is 0 Å². The first kappa shape index (κ1) is 14.1. The number of hydrogen-bond acceptors (Lipinski definition) is 5. The van der Waals surface area contributed by atoms with E-state index in [0.717, 1.165) is 31.1 Å². The predicted octanol–water partition coefficient (Wildman–Crippen LogP) is 2.20. The van der Waals surface area contributed by atoms with Crippen molar-refractivity contribution in [3.63, 3.8) is 0 Å². The molecule has 5 heteroatoms. The second-order valence-electron chi connectivity index (χ2n) is 3.62. The summed E-state index contributed by atoms with van der Waals surface area (Å²) in [5.74, 6) is -0.321. The molecule has 0 unspecified atom stereocenters. The maximum Gasteiger partial charge on any atom is 0.357 e. The van der Waals surface area contributed by atoms with Gasteiger partial charge in [0.05, 0.1) is 11.6 Å². The summed E-state index contributed by atoms with van der Waals surface area (Å²) in [6, 6.07) is 0. The second kappa shape index (κ2) is 7.40. The summed E-state index contributed by atoms with van der Waals surface area (Å²) in [5, 5.41) is 2.77. The fourth-order valence-electron chi connectivity index (χ4n) is 1.52. The Labute approximate surface area is 107 Å². The fourth-order valence-corrected chi connectivity index (χ4v) is 2.27. The van der Waals surface area contributed by atoms with E-state index in [4.69, 9.17) is 4.74 Å². The lowest BCUT2D eigenvalue weighted by Crippen LogP contribution is -2.25. The van der Waals surface area contributed by atoms with E-state index in [0.29, 0.717) is 12.3 Å². The monoisotopic (exact) mass is 256 g/mol. The molecule has 0 N–H and O–H groups in total. The third kappa shape index (κ3) is 4.44. The highest BCUT2D eigenvalue weighted by Gasteiger charge is 2.11. The van der Waals surface area contributed by atoms with E-state index in [1.165, 1.54) is 11.3 Å². The average molecular weight is 256 g/mol. The highest BCUT2D eigenvalue weighted by molar-refractivity contribution is 7.09. The van der Waals surface area contributed by atoms with E-state index >= 15 is 0 Å². The van der Waals surface area contributed by atoms with Crippen molar-refractivity contribution in [2.24, 2.45) is 0 Å². The molecule has 0 aliphatic rings. The van der Waals surface area contributed by atoms with Gasteiger partial charge in [-0.1, -0.05) is 13.8 Å². The van der Waals surface area contributed by atoms with Crippen LogP contribution in [0.25, 0.3) is 0 Å². The van der Waals surface area contributed by atoms with Crippen molar-refractivity contribution in [2.75, 3.05) is 26.2 Å². The van der Waals surface area contributed by atoms with E-state index < -0.39 is 0 Å². The summed E-state index contributed by atoms with van der Waals surface area (Å²) in [6.45, 7) is 9.57. The summed E-state index contributed by atoms with van der Waals surface area (Å²) < 4.78 is 4.90. The van der Waals surface area contributed by atoms with Crippen LogP contribution >= 0.6 is 11.3 Å². The maximum atomic E-state index is 11.4. The smallest absolute Gasteiger partial charge is 0.357 e. The van der Waals surface area contributed by atoms with Gasteiger partial charge in [-0.15, -0.1) is 11.3 Å². The molecular formula is C12H20N2O2S. The molecule has 0 aliphatic heterocycles. The zero-order valence-electron chi connectivity index (χ0n) is 10.7. The molecule has 0 radical (unpaired) electrons. The molecule has 1 rings (SSSR count). The summed E-state index contributed by atoms with van der Waals surface area (Å²) in [7, 11) is 0. The number of nitrogens with zero attached hydrogens (tertiary/aromatic N) is 2. The minimum absolute atomic E-state index is 0.321. The molecule has 4 nitrogen and oxygen atoms in total. The number of rotatable bonds is 7. The van der Waals surface area contributed by atoms with Crippen LogP contribution in [-0.2, 0) is 11.2 Å². The van der Waals surface area contributed by atoms with Gasteiger partial charge in [0.2, 0.25) is 0 Å². The molecule has 0 bridgehead atoms. The highest BCUT2D eigenvalue weighted by atomic mass is 32.1. The average Bonchev–Trinajstić information content (AvgIpc) is 2.79. The van der Waals surface area contributed by atoms with Crippen LogP contribution in [0.1, 0.15) is 36.3 Å². The number of hydrogen-bond donors (Lipinski definition) is 0. The molecule has 0 aromatic carbocycles. The Morgan fingerprint density at radius 3 is 2.71 bits per heavy atom. The van der Waals surface area contributed by atoms with Crippen LogP contribution in [-0.4, -0.2) is 42.1 Å². The van der Waals surface area contributed by atoms with E-state index in [1.807, 2.05) is 0 Å². The van der Waals surface area contributed by atoms with Crippen molar-refractivity contribution in [3.8, 4) is 0 Å². The first-order valence-electron chi connectivity index (χ1n) is 6.05. The van der Waals surface area contributed by atoms with Crippen molar-refractivity contribution < 1.29 is 9.53 Å². The lowest BCUT2D eigenvalue weighted by Gasteiger charge is -2.16. The molecule has 1 aromatic rings. The summed E-state index contributed by atoms with van der Waals surface area (Å²) >= 11 is 1.53. The lowest BCUT2D eigenvalue weighted by molar-refractivity contribution is 0.0520. The van der Waals surface area contributed by atoms with Crippen LogP contribution < -0.4 is 0 Å². The van der Waals surface area contributed by atoms with Crippen molar-refractivity contribution in [2.45, 2.75) is 27.2 Å². The van der Waals surface area contributed by atoms with Gasteiger partial charge in [-0.3, -0.25) is 0 Å². The molecule has 0 saturated carbocycles. The zero-order valence-corrected chi connectivity index (χ0v) is 11.5. The van der Waals surface area contributed by atoms with E-state index in [1.54, 1.807) is 12.3 Å². The Morgan fingerprint density at radius 2 is 2.12 bits per heavy atom. The van der Waals surface area contributed by atoms with E-state index in [-0.39, 0.29) is 5.97 Å². The predicted molar refractivity (Wildman–Crippen MR) is 69.6 cm³/mol. The van der Waals surface area contributed by atoms with Crippen molar-refractivity contribution in [3.05, 3.63) is 16.1 Å². The Hall–Kier alpha value is -0.940. The number of thiazole rings is 1. The molecule has 1 heterocycles. The van der Waals surface area contributed by atoms with Gasteiger partial charge in [-0.05, 0) is 20.0 Å². The van der Waals surface area contributed by atoms with Gasteiger partial charge < -0.3 is 9.64 Å². The lowest BCUT2D eigenvalue weighted by atomic mass is 10.4. The number of carbonyl (C=O) groups is 1. The Bertz CT molecular complexity index is 348. The first-order chi connectivity index (χ1) is 8.21. The molecule has 96 valence electrons. The van der Waals surface area contributed by atoms with Crippen LogP contribution in [0.2, 0.25) is 0 Å². The number of ether oxygens (including phenoxy) is 1. The van der Waals surface area contributed by atoms with Crippen molar-refractivity contribution in [1.29, 1.82) is 0 Å². The topological polar surface area (TPSA) is 42.4 Å². The van der Waals surface area contributed by atoms with E-state index in [9.17, 15) is 4.79 Å². The molecular weight excluding hydrogens is 236 g/mol. The molecule has 0 spiro atoms. The third-order valence-electron chi connectivity index (χ3n) is 2.57. The summed E-state index contributed by atoms with van der Waals surface area (Å²) in [6.07, 6.45) is 0.895. The molecule has 17 heavy (non-hydrogen) atoms. The molecule has 0 saturated heterocycles. The quantitative estimate of drug-likeness (QED) is 0.701. The molecule has 1 aromatic heterocycles. The van der Waals surface area contributed by atoms with E-state index in [2.05, 4.69) is 23.7 Å². The van der Waals surface area contributed by atoms with Gasteiger partial charge in [0, 0.05) is 18.3 Å². The minimum atomic E-state index is -0.321. The van der Waals surface area contributed by atoms with Crippen LogP contribution in [0.15, 0.2) is 5.38 Å². The Morgan fingerprint density at radius 1 is 1.41 bits per heavy atom. The number of esters is 1. The third-order valence-corrected chi connectivity index (χ3v) is 3.48. The van der Waals surface area contributed by atoms with Crippen molar-refractivity contribution >= 4 is 17.3 Å². The van der Waals surface area contributed by atoms with Crippen LogP contribution in [0.5, 0.6) is 0 Å². The number of likely N-dealkylation sites (N-methyl/N-ethyl adjacent to an activating group) is 1. The number of carbonyl (C=O) groups excluding carboxylic acids is 1. The number of aromatic nitrogens is 1. The van der Waals surface area contributed by atoms with Gasteiger partial charge in [0.15, 0.2) is 5.69 Å².